The fourth-order valence-corrected chi connectivity index (χ4v) is 2.18. The van der Waals surface area contributed by atoms with Crippen molar-refractivity contribution in [2.45, 2.75) is 18.5 Å². The van der Waals surface area contributed by atoms with Gasteiger partial charge in [-0.25, -0.2) is 0 Å². The molecule has 2 atom stereocenters. The number of benzene rings is 2. The number of alkyl halides is 3. The Morgan fingerprint density at radius 1 is 1.00 bits per heavy atom. The van der Waals surface area contributed by atoms with Crippen molar-refractivity contribution in [3.05, 3.63) is 71.3 Å². The van der Waals surface area contributed by atoms with E-state index in [1.54, 1.807) is 6.07 Å². The largest absolute Gasteiger partial charge is 0.416 e. The first kappa shape index (κ1) is 15.0. The van der Waals surface area contributed by atoms with Gasteiger partial charge in [0.15, 0.2) is 0 Å². The summed E-state index contributed by atoms with van der Waals surface area (Å²) in [6, 6.07) is 15.1. The minimum Gasteiger partial charge on any atom is -0.303 e. The Kier molecular flexibility index (Phi) is 4.79. The van der Waals surface area contributed by atoms with Crippen LogP contribution in [0.2, 0.25) is 0 Å². The number of rotatable bonds is 4. The maximum atomic E-state index is 12.7. The fraction of sp³-hybridized carbons (Fsp3) is 0.200. The molecule has 0 spiro atoms. The van der Waals surface area contributed by atoms with E-state index in [-0.39, 0.29) is 5.78 Å². The molecule has 0 aromatic heterocycles. The molecule has 0 amide bonds. The first-order valence-corrected chi connectivity index (χ1v) is 6.83. The van der Waals surface area contributed by atoms with Crippen molar-refractivity contribution >= 4 is 9.24 Å². The minimum absolute atomic E-state index is 0.225. The lowest BCUT2D eigenvalue weighted by molar-refractivity contribution is -0.137. The molecule has 2 rings (SSSR count). The standard InChI is InChI=1S/C15H15F3NP/c16-15(17,18)13-8-4-7-12(9-13)14(20)19-10-11-5-2-1-3-6-11/h1-9,14,19H,10,20H2. The van der Waals surface area contributed by atoms with Crippen molar-refractivity contribution in [3.8, 4) is 0 Å². The van der Waals surface area contributed by atoms with Gasteiger partial charge in [-0.15, -0.1) is 9.24 Å². The third kappa shape index (κ3) is 4.06. The number of nitrogens with one attached hydrogen (secondary N) is 1. The molecule has 0 saturated carbocycles. The first-order valence-electron chi connectivity index (χ1n) is 6.17. The van der Waals surface area contributed by atoms with Crippen LogP contribution in [-0.4, -0.2) is 0 Å². The molecule has 0 aliphatic rings. The van der Waals surface area contributed by atoms with Crippen LogP contribution in [0.3, 0.4) is 0 Å². The quantitative estimate of drug-likeness (QED) is 0.826. The Morgan fingerprint density at radius 2 is 1.70 bits per heavy atom. The molecule has 0 heterocycles. The summed E-state index contributed by atoms with van der Waals surface area (Å²) >= 11 is 0. The maximum absolute atomic E-state index is 12.7. The smallest absolute Gasteiger partial charge is 0.303 e. The first-order chi connectivity index (χ1) is 9.47. The number of hydrogen-bond acceptors (Lipinski definition) is 1. The van der Waals surface area contributed by atoms with Crippen molar-refractivity contribution in [2.24, 2.45) is 0 Å². The highest BCUT2D eigenvalue weighted by molar-refractivity contribution is 7.17. The summed E-state index contributed by atoms with van der Waals surface area (Å²) in [4.78, 5) is 0. The lowest BCUT2D eigenvalue weighted by Crippen LogP contribution is -2.16. The average Bonchev–Trinajstić information content (AvgIpc) is 2.45. The van der Waals surface area contributed by atoms with Crippen LogP contribution in [0.4, 0.5) is 13.2 Å². The molecule has 2 aromatic carbocycles. The van der Waals surface area contributed by atoms with Crippen LogP contribution < -0.4 is 5.32 Å². The fourth-order valence-electron chi connectivity index (χ4n) is 1.85. The molecule has 0 aliphatic heterocycles. The molecule has 0 bridgehead atoms. The van der Waals surface area contributed by atoms with Crippen molar-refractivity contribution in [2.75, 3.05) is 0 Å². The second-order valence-electron chi connectivity index (χ2n) is 4.47. The summed E-state index contributed by atoms with van der Waals surface area (Å²) in [6.45, 7) is 0.602. The summed E-state index contributed by atoms with van der Waals surface area (Å²) in [6.07, 6.45) is -4.31. The molecule has 1 nitrogen and oxygen atoms in total. The Bertz CT molecular complexity index is 555. The van der Waals surface area contributed by atoms with Gasteiger partial charge in [-0.1, -0.05) is 42.5 Å². The van der Waals surface area contributed by atoms with Crippen LogP contribution in [0.5, 0.6) is 0 Å². The van der Waals surface area contributed by atoms with Gasteiger partial charge >= 0.3 is 6.18 Å². The van der Waals surface area contributed by atoms with E-state index in [9.17, 15) is 13.2 Å². The lowest BCUT2D eigenvalue weighted by atomic mass is 10.1. The van der Waals surface area contributed by atoms with Crippen LogP contribution in [0.1, 0.15) is 22.5 Å². The highest BCUT2D eigenvalue weighted by Crippen LogP contribution is 2.31. The SMILES string of the molecule is FC(F)(F)c1cccc(C(P)NCc2ccccc2)c1. The molecule has 0 saturated heterocycles. The van der Waals surface area contributed by atoms with Gasteiger partial charge in [-0.05, 0) is 23.3 Å². The molecule has 106 valence electrons. The van der Waals surface area contributed by atoms with E-state index in [0.717, 1.165) is 11.6 Å². The predicted molar refractivity (Wildman–Crippen MR) is 77.2 cm³/mol. The third-order valence-corrected chi connectivity index (χ3v) is 3.56. The van der Waals surface area contributed by atoms with Gasteiger partial charge in [0, 0.05) is 12.3 Å². The van der Waals surface area contributed by atoms with Gasteiger partial charge in [0.2, 0.25) is 0 Å². The van der Waals surface area contributed by atoms with Crippen LogP contribution >= 0.6 is 9.24 Å². The molecular weight excluding hydrogens is 282 g/mol. The Balaban J connectivity index is 2.04. The van der Waals surface area contributed by atoms with Gasteiger partial charge in [0.05, 0.1) is 5.56 Å². The predicted octanol–water partition coefficient (Wildman–Crippen LogP) is 4.37. The van der Waals surface area contributed by atoms with Crippen LogP contribution in [0.15, 0.2) is 54.6 Å². The minimum atomic E-state index is -4.31. The second-order valence-corrected chi connectivity index (χ2v) is 5.13. The molecule has 5 heteroatoms. The Labute approximate surface area is 118 Å². The molecule has 0 radical (unpaired) electrons. The monoisotopic (exact) mass is 297 g/mol. The topological polar surface area (TPSA) is 12.0 Å². The van der Waals surface area contributed by atoms with Crippen LogP contribution in [0, 0.1) is 0 Å². The van der Waals surface area contributed by atoms with Gasteiger partial charge in [0.1, 0.15) is 0 Å². The zero-order valence-electron chi connectivity index (χ0n) is 10.7. The Hall–Kier alpha value is -1.38. The molecule has 2 aromatic rings. The van der Waals surface area contributed by atoms with E-state index in [1.165, 1.54) is 12.1 Å². The summed E-state index contributed by atoms with van der Waals surface area (Å²) < 4.78 is 38.0. The zero-order chi connectivity index (χ0) is 14.6. The van der Waals surface area contributed by atoms with E-state index in [4.69, 9.17) is 0 Å². The van der Waals surface area contributed by atoms with Gasteiger partial charge in [-0.3, -0.25) is 0 Å². The number of halogens is 3. The van der Waals surface area contributed by atoms with E-state index in [2.05, 4.69) is 14.6 Å². The summed E-state index contributed by atoms with van der Waals surface area (Å²) in [5, 5.41) is 3.19. The highest BCUT2D eigenvalue weighted by atomic mass is 31.0. The molecule has 1 N–H and O–H groups in total. The van der Waals surface area contributed by atoms with Crippen LogP contribution in [0.25, 0.3) is 0 Å². The molecule has 20 heavy (non-hydrogen) atoms. The summed E-state index contributed by atoms with van der Waals surface area (Å²) in [5.41, 5.74) is 1.07. The van der Waals surface area contributed by atoms with Crippen molar-refractivity contribution in [3.63, 3.8) is 0 Å². The van der Waals surface area contributed by atoms with E-state index in [1.807, 2.05) is 30.3 Å². The third-order valence-electron chi connectivity index (χ3n) is 2.94. The molecule has 0 aliphatic carbocycles. The number of hydrogen-bond donors (Lipinski definition) is 1. The maximum Gasteiger partial charge on any atom is 0.416 e. The lowest BCUT2D eigenvalue weighted by Gasteiger charge is -2.16. The highest BCUT2D eigenvalue weighted by Gasteiger charge is 2.30. The molecule has 0 fully saturated rings. The van der Waals surface area contributed by atoms with E-state index < -0.39 is 11.7 Å². The second kappa shape index (κ2) is 6.38. The summed E-state index contributed by atoms with van der Waals surface area (Å²) in [7, 11) is 2.53. The van der Waals surface area contributed by atoms with Crippen molar-refractivity contribution in [1.82, 2.24) is 5.32 Å². The summed E-state index contributed by atoms with van der Waals surface area (Å²) in [5.74, 6) is -0.225. The van der Waals surface area contributed by atoms with E-state index >= 15 is 0 Å². The molecule has 2 unspecified atom stereocenters. The van der Waals surface area contributed by atoms with Gasteiger partial charge in [-0.2, -0.15) is 13.2 Å². The average molecular weight is 297 g/mol. The van der Waals surface area contributed by atoms with Gasteiger partial charge in [0.25, 0.3) is 0 Å². The van der Waals surface area contributed by atoms with Crippen molar-refractivity contribution in [1.29, 1.82) is 0 Å². The van der Waals surface area contributed by atoms with Crippen LogP contribution in [-0.2, 0) is 12.7 Å². The normalized spacial score (nSPS) is 13.2. The van der Waals surface area contributed by atoms with Crippen molar-refractivity contribution < 1.29 is 13.2 Å². The zero-order valence-corrected chi connectivity index (χ0v) is 11.8. The molecular formula is C15H15F3NP. The van der Waals surface area contributed by atoms with E-state index in [0.29, 0.717) is 12.1 Å². The van der Waals surface area contributed by atoms with Gasteiger partial charge < -0.3 is 5.32 Å². The Morgan fingerprint density at radius 3 is 2.35 bits per heavy atom.